The third kappa shape index (κ3) is 3.88. The van der Waals surface area contributed by atoms with Gasteiger partial charge in [-0.1, -0.05) is 12.1 Å². The van der Waals surface area contributed by atoms with Gasteiger partial charge in [-0.25, -0.2) is 0 Å². The largest absolute Gasteiger partial charge is 0.416 e. The molecule has 8 heteroatoms. The molecule has 0 aliphatic carbocycles. The van der Waals surface area contributed by atoms with Crippen LogP contribution in [0.2, 0.25) is 0 Å². The van der Waals surface area contributed by atoms with E-state index in [1.807, 2.05) is 30.0 Å². The highest BCUT2D eigenvalue weighted by atomic mass is 19.4. The second kappa shape index (κ2) is 7.58. The van der Waals surface area contributed by atoms with Crippen molar-refractivity contribution in [1.82, 2.24) is 14.4 Å². The summed E-state index contributed by atoms with van der Waals surface area (Å²) in [7, 11) is 3.71. The van der Waals surface area contributed by atoms with Crippen molar-refractivity contribution in [2.75, 3.05) is 33.7 Å². The first kappa shape index (κ1) is 20.7. The van der Waals surface area contributed by atoms with Gasteiger partial charge in [0.2, 0.25) is 5.91 Å². The average molecular weight is 419 g/mol. The molecule has 1 saturated heterocycles. The number of likely N-dealkylation sites (tertiary alicyclic amines) is 1. The van der Waals surface area contributed by atoms with E-state index >= 15 is 0 Å². The summed E-state index contributed by atoms with van der Waals surface area (Å²) in [5, 5.41) is 0. The molecule has 4 rings (SSSR count). The summed E-state index contributed by atoms with van der Waals surface area (Å²) in [6.45, 7) is 1.98. The summed E-state index contributed by atoms with van der Waals surface area (Å²) in [6, 6.07) is 8.33. The number of aromatic nitrogens is 1. The standard InChI is InChI=1S/C22H24F3N3O2/c1-26(2)13-20(29)27-10-14-8-16(12-27)19-7-6-18(21(30)28(19)11-14)15-4-3-5-17(9-15)22(23,24)25/h3-7,9,14,16H,8,10-13H2,1-2H3/t14-,16-/m1/s1. The summed E-state index contributed by atoms with van der Waals surface area (Å²) in [6.07, 6.45) is -3.55. The highest BCUT2D eigenvalue weighted by molar-refractivity contribution is 5.78. The Hall–Kier alpha value is -2.61. The second-order valence-electron chi connectivity index (χ2n) is 8.50. The zero-order valence-electron chi connectivity index (χ0n) is 16.9. The van der Waals surface area contributed by atoms with Gasteiger partial charge >= 0.3 is 6.18 Å². The first-order valence-corrected chi connectivity index (χ1v) is 9.97. The van der Waals surface area contributed by atoms with Crippen molar-refractivity contribution < 1.29 is 18.0 Å². The number of likely N-dealkylation sites (N-methyl/N-ethyl adjacent to an activating group) is 1. The summed E-state index contributed by atoms with van der Waals surface area (Å²) in [5.41, 5.74) is 0.354. The fraction of sp³-hybridized carbons (Fsp3) is 0.455. The molecule has 0 unspecified atom stereocenters. The number of carbonyl (C=O) groups is 1. The third-order valence-corrected chi connectivity index (χ3v) is 5.91. The van der Waals surface area contributed by atoms with Gasteiger partial charge in [-0.3, -0.25) is 9.59 Å². The van der Waals surface area contributed by atoms with Crippen LogP contribution in [0.5, 0.6) is 0 Å². The van der Waals surface area contributed by atoms with Crippen molar-refractivity contribution in [2.24, 2.45) is 5.92 Å². The van der Waals surface area contributed by atoms with Crippen LogP contribution in [0.1, 0.15) is 23.6 Å². The lowest BCUT2D eigenvalue weighted by Crippen LogP contribution is -2.51. The molecule has 1 amide bonds. The van der Waals surface area contributed by atoms with Crippen molar-refractivity contribution in [3.8, 4) is 11.1 Å². The summed E-state index contributed by atoms with van der Waals surface area (Å²) >= 11 is 0. The number of halogens is 3. The van der Waals surface area contributed by atoms with Gasteiger partial charge in [0.25, 0.3) is 5.56 Å². The van der Waals surface area contributed by atoms with E-state index in [2.05, 4.69) is 0 Å². The van der Waals surface area contributed by atoms with Gasteiger partial charge in [-0.05, 0) is 56.3 Å². The maximum absolute atomic E-state index is 13.2. The lowest BCUT2D eigenvalue weighted by Gasteiger charge is -2.43. The van der Waals surface area contributed by atoms with E-state index in [4.69, 9.17) is 0 Å². The van der Waals surface area contributed by atoms with Crippen molar-refractivity contribution in [2.45, 2.75) is 25.1 Å². The molecule has 2 aromatic rings. The summed E-state index contributed by atoms with van der Waals surface area (Å²) in [4.78, 5) is 29.4. The summed E-state index contributed by atoms with van der Waals surface area (Å²) < 4.78 is 40.9. The molecule has 1 fully saturated rings. The number of amides is 1. The second-order valence-corrected chi connectivity index (χ2v) is 8.50. The molecule has 2 atom stereocenters. The van der Waals surface area contributed by atoms with E-state index in [9.17, 15) is 22.8 Å². The Balaban J connectivity index is 1.66. The molecule has 0 saturated carbocycles. The van der Waals surface area contributed by atoms with Gasteiger partial charge in [0.15, 0.2) is 0 Å². The van der Waals surface area contributed by atoms with Crippen LogP contribution in [0, 0.1) is 5.92 Å². The fourth-order valence-electron chi connectivity index (χ4n) is 4.60. The zero-order chi connectivity index (χ0) is 21.6. The lowest BCUT2D eigenvalue weighted by molar-refractivity contribution is -0.137. The molecular weight excluding hydrogens is 395 g/mol. The number of benzene rings is 1. The van der Waals surface area contributed by atoms with Crippen LogP contribution in [0.15, 0.2) is 41.2 Å². The number of fused-ring (bicyclic) bond motifs is 4. The highest BCUT2D eigenvalue weighted by Crippen LogP contribution is 2.36. The predicted molar refractivity (Wildman–Crippen MR) is 107 cm³/mol. The number of hydrogen-bond donors (Lipinski definition) is 0. The molecule has 160 valence electrons. The minimum atomic E-state index is -4.46. The fourth-order valence-corrected chi connectivity index (χ4v) is 4.60. The molecule has 2 bridgehead atoms. The minimum Gasteiger partial charge on any atom is -0.341 e. The molecule has 2 aliphatic rings. The molecule has 0 N–H and O–H groups in total. The number of rotatable bonds is 3. The molecule has 2 aliphatic heterocycles. The van der Waals surface area contributed by atoms with E-state index in [-0.39, 0.29) is 34.4 Å². The number of hydrogen-bond acceptors (Lipinski definition) is 3. The van der Waals surface area contributed by atoms with Crippen LogP contribution < -0.4 is 5.56 Å². The Morgan fingerprint density at radius 1 is 1.13 bits per heavy atom. The van der Waals surface area contributed by atoms with Gasteiger partial charge < -0.3 is 14.4 Å². The van der Waals surface area contributed by atoms with Crippen LogP contribution in [0.4, 0.5) is 13.2 Å². The monoisotopic (exact) mass is 419 g/mol. The van der Waals surface area contributed by atoms with E-state index in [1.165, 1.54) is 12.1 Å². The average Bonchev–Trinajstić information content (AvgIpc) is 2.67. The lowest BCUT2D eigenvalue weighted by atomic mass is 9.82. The van der Waals surface area contributed by atoms with Crippen molar-refractivity contribution in [3.05, 3.63) is 58.0 Å². The van der Waals surface area contributed by atoms with E-state index in [0.717, 1.165) is 24.2 Å². The van der Waals surface area contributed by atoms with Gasteiger partial charge in [0.1, 0.15) is 0 Å². The smallest absolute Gasteiger partial charge is 0.341 e. The maximum atomic E-state index is 13.2. The van der Waals surface area contributed by atoms with Crippen LogP contribution >= 0.6 is 0 Å². The van der Waals surface area contributed by atoms with E-state index in [1.54, 1.807) is 10.6 Å². The number of nitrogens with zero attached hydrogens (tertiary/aromatic N) is 3. The third-order valence-electron chi connectivity index (χ3n) is 5.91. The number of alkyl halides is 3. The molecule has 3 heterocycles. The molecule has 0 spiro atoms. The normalized spacial score (nSPS) is 20.9. The van der Waals surface area contributed by atoms with Crippen molar-refractivity contribution in [1.29, 1.82) is 0 Å². The maximum Gasteiger partial charge on any atom is 0.416 e. The van der Waals surface area contributed by atoms with Crippen molar-refractivity contribution >= 4 is 5.91 Å². The molecule has 30 heavy (non-hydrogen) atoms. The number of pyridine rings is 1. The van der Waals surface area contributed by atoms with Crippen LogP contribution in [0.3, 0.4) is 0 Å². The first-order chi connectivity index (χ1) is 14.1. The quantitative estimate of drug-likeness (QED) is 0.768. The molecular formula is C22H24F3N3O2. The van der Waals surface area contributed by atoms with Crippen molar-refractivity contribution in [3.63, 3.8) is 0 Å². The highest BCUT2D eigenvalue weighted by Gasteiger charge is 2.37. The molecule has 5 nitrogen and oxygen atoms in total. The van der Waals surface area contributed by atoms with E-state index in [0.29, 0.717) is 26.2 Å². The Morgan fingerprint density at radius 3 is 2.60 bits per heavy atom. The topological polar surface area (TPSA) is 45.6 Å². The van der Waals surface area contributed by atoms with E-state index < -0.39 is 11.7 Å². The molecule has 1 aromatic heterocycles. The molecule has 0 radical (unpaired) electrons. The first-order valence-electron chi connectivity index (χ1n) is 9.97. The van der Waals surface area contributed by atoms with Gasteiger partial charge in [-0.15, -0.1) is 0 Å². The number of carbonyl (C=O) groups excluding carboxylic acids is 1. The van der Waals surface area contributed by atoms with Crippen LogP contribution in [-0.4, -0.2) is 54.0 Å². The minimum absolute atomic E-state index is 0.0619. The Morgan fingerprint density at radius 2 is 1.90 bits per heavy atom. The van der Waals surface area contributed by atoms with Gasteiger partial charge in [-0.2, -0.15) is 13.2 Å². The van der Waals surface area contributed by atoms with Gasteiger partial charge in [0.05, 0.1) is 12.1 Å². The Kier molecular flexibility index (Phi) is 5.22. The van der Waals surface area contributed by atoms with Crippen LogP contribution in [0.25, 0.3) is 11.1 Å². The molecule has 1 aromatic carbocycles. The van der Waals surface area contributed by atoms with Crippen LogP contribution in [-0.2, 0) is 17.5 Å². The summed E-state index contributed by atoms with van der Waals surface area (Å²) in [5.74, 6) is 0.301. The SMILES string of the molecule is CN(C)CC(=O)N1C[C@H]2C[C@H](C1)c1ccc(-c3cccc(C(F)(F)F)c3)c(=O)n1C2. The zero-order valence-corrected chi connectivity index (χ0v) is 16.9. The Labute approximate surface area is 172 Å². The van der Waals surface area contributed by atoms with Gasteiger partial charge in [0, 0.05) is 36.8 Å². The number of piperidine rings is 1. The Bertz CT molecular complexity index is 1030. The predicted octanol–water partition coefficient (Wildman–Crippen LogP) is 3.04.